The Morgan fingerprint density at radius 2 is 1.97 bits per heavy atom. The Hall–Kier alpha value is -2.66. The molecule has 3 aromatic rings. The van der Waals surface area contributed by atoms with Gasteiger partial charge in [0.05, 0.1) is 17.5 Å². The van der Waals surface area contributed by atoms with Crippen molar-refractivity contribution in [1.82, 2.24) is 14.5 Å². The van der Waals surface area contributed by atoms with Crippen molar-refractivity contribution in [1.29, 1.82) is 0 Å². The molecule has 0 bridgehead atoms. The Kier molecular flexibility index (Phi) is 6.42. The molecule has 31 heavy (non-hydrogen) atoms. The number of piperidine rings is 1. The average molecular weight is 420 g/mol. The minimum Gasteiger partial charge on any atom is -0.494 e. The lowest BCUT2D eigenvalue weighted by molar-refractivity contribution is 0.129. The fourth-order valence-corrected chi connectivity index (χ4v) is 4.63. The molecular formula is C26H33N3O2. The summed E-state index contributed by atoms with van der Waals surface area (Å²) in [7, 11) is 0. The molecule has 1 aliphatic heterocycles. The Balaban J connectivity index is 1.68. The third kappa shape index (κ3) is 4.67. The van der Waals surface area contributed by atoms with Crippen molar-refractivity contribution >= 4 is 10.9 Å². The molecule has 5 nitrogen and oxygen atoms in total. The van der Waals surface area contributed by atoms with E-state index in [-0.39, 0.29) is 5.56 Å². The van der Waals surface area contributed by atoms with Gasteiger partial charge in [-0.1, -0.05) is 18.2 Å². The van der Waals surface area contributed by atoms with Crippen LogP contribution in [-0.4, -0.2) is 40.2 Å². The predicted octanol–water partition coefficient (Wildman–Crippen LogP) is 4.89. The smallest absolute Gasteiger partial charge is 0.261 e. The number of aryl methyl sites for hydroxylation is 1. The summed E-state index contributed by atoms with van der Waals surface area (Å²) in [6.45, 7) is 12.0. The van der Waals surface area contributed by atoms with Crippen LogP contribution < -0.4 is 10.3 Å². The molecule has 1 atom stereocenters. The summed E-state index contributed by atoms with van der Waals surface area (Å²) in [5.74, 6) is 2.12. The highest BCUT2D eigenvalue weighted by Gasteiger charge is 2.23. The molecule has 1 saturated heterocycles. The summed E-state index contributed by atoms with van der Waals surface area (Å²) in [4.78, 5) is 20.8. The second-order valence-electron chi connectivity index (χ2n) is 8.86. The number of ether oxygens (including phenoxy) is 1. The van der Waals surface area contributed by atoms with Gasteiger partial charge < -0.3 is 9.64 Å². The molecule has 0 radical (unpaired) electrons. The highest BCUT2D eigenvalue weighted by molar-refractivity contribution is 5.84. The van der Waals surface area contributed by atoms with E-state index in [1.807, 2.05) is 60.9 Å². The van der Waals surface area contributed by atoms with Gasteiger partial charge in [0.15, 0.2) is 0 Å². The van der Waals surface area contributed by atoms with Crippen molar-refractivity contribution in [3.63, 3.8) is 0 Å². The molecule has 1 fully saturated rings. The van der Waals surface area contributed by atoms with Crippen molar-refractivity contribution in [3.05, 3.63) is 58.6 Å². The fraction of sp³-hybridized carbons (Fsp3) is 0.462. The summed E-state index contributed by atoms with van der Waals surface area (Å²) in [6, 6.07) is 14.5. The monoisotopic (exact) mass is 419 g/mol. The largest absolute Gasteiger partial charge is 0.494 e. The van der Waals surface area contributed by atoms with Crippen LogP contribution in [0.15, 0.2) is 47.3 Å². The van der Waals surface area contributed by atoms with Gasteiger partial charge in [0, 0.05) is 19.1 Å². The van der Waals surface area contributed by atoms with Crippen LogP contribution in [0.3, 0.4) is 0 Å². The zero-order valence-electron chi connectivity index (χ0n) is 19.1. The number of rotatable bonds is 6. The van der Waals surface area contributed by atoms with Crippen LogP contribution in [-0.2, 0) is 6.54 Å². The minimum atomic E-state index is 0.0620. The van der Waals surface area contributed by atoms with Crippen molar-refractivity contribution in [2.45, 2.75) is 53.1 Å². The van der Waals surface area contributed by atoms with Gasteiger partial charge in [0.1, 0.15) is 11.6 Å². The van der Waals surface area contributed by atoms with E-state index >= 15 is 0 Å². The van der Waals surface area contributed by atoms with Gasteiger partial charge in [0.25, 0.3) is 5.56 Å². The molecule has 0 saturated carbocycles. The molecule has 0 aliphatic carbocycles. The van der Waals surface area contributed by atoms with Gasteiger partial charge in [-0.05, 0) is 88.4 Å². The Morgan fingerprint density at radius 3 is 2.74 bits per heavy atom. The molecular weight excluding hydrogens is 386 g/mol. The molecule has 2 aromatic carbocycles. The number of fused-ring (bicyclic) bond motifs is 1. The third-order valence-electron chi connectivity index (χ3n) is 6.34. The first-order valence-electron chi connectivity index (χ1n) is 11.4. The van der Waals surface area contributed by atoms with E-state index in [1.54, 1.807) is 0 Å². The maximum absolute atomic E-state index is 13.5. The molecule has 0 spiro atoms. The van der Waals surface area contributed by atoms with E-state index in [0.29, 0.717) is 24.0 Å². The number of hydrogen-bond acceptors (Lipinski definition) is 4. The lowest BCUT2D eigenvalue weighted by Crippen LogP contribution is -2.42. The summed E-state index contributed by atoms with van der Waals surface area (Å²) in [5.41, 5.74) is 2.87. The van der Waals surface area contributed by atoms with Crippen molar-refractivity contribution in [2.24, 2.45) is 5.92 Å². The van der Waals surface area contributed by atoms with E-state index in [2.05, 4.69) is 18.7 Å². The molecule has 164 valence electrons. The highest BCUT2D eigenvalue weighted by Crippen LogP contribution is 2.26. The van der Waals surface area contributed by atoms with Crippen molar-refractivity contribution in [3.8, 4) is 16.9 Å². The molecule has 1 aliphatic rings. The number of likely N-dealkylation sites (tertiary alicyclic amines) is 1. The minimum absolute atomic E-state index is 0.0620. The van der Waals surface area contributed by atoms with Crippen LogP contribution in [0.5, 0.6) is 5.75 Å². The van der Waals surface area contributed by atoms with Crippen LogP contribution in [0.4, 0.5) is 0 Å². The van der Waals surface area contributed by atoms with Crippen LogP contribution in [0.1, 0.15) is 39.4 Å². The van der Waals surface area contributed by atoms with Gasteiger partial charge in [-0.25, -0.2) is 4.98 Å². The van der Waals surface area contributed by atoms with E-state index in [9.17, 15) is 4.79 Å². The summed E-state index contributed by atoms with van der Waals surface area (Å²) in [6.07, 6.45) is 2.36. The number of aromatic nitrogens is 2. The molecule has 5 heteroatoms. The number of benzene rings is 2. The third-order valence-corrected chi connectivity index (χ3v) is 6.34. The summed E-state index contributed by atoms with van der Waals surface area (Å²) in [5, 5.41) is 0.682. The van der Waals surface area contributed by atoms with E-state index in [0.717, 1.165) is 54.3 Å². The van der Waals surface area contributed by atoms with E-state index < -0.39 is 0 Å². The normalized spacial score (nSPS) is 17.4. The van der Waals surface area contributed by atoms with Crippen LogP contribution >= 0.6 is 0 Å². The topological polar surface area (TPSA) is 47.4 Å². The Labute approximate surface area is 184 Å². The summed E-state index contributed by atoms with van der Waals surface area (Å²) < 4.78 is 7.53. The average Bonchev–Trinajstić information content (AvgIpc) is 2.77. The molecule has 4 rings (SSSR count). The van der Waals surface area contributed by atoms with Crippen molar-refractivity contribution in [2.75, 3.05) is 19.7 Å². The standard InChI is InChI=1S/C26H33N3O2/c1-5-31-23-10-6-9-21(14-23)22-11-12-25-24(15-22)26(30)29(19(4)27-25)17-20-8-7-13-28(16-20)18(2)3/h6,9-12,14-15,18,20H,5,7-8,13,16-17H2,1-4H3/t20-/m0/s1. The molecule has 1 aromatic heterocycles. The highest BCUT2D eigenvalue weighted by atomic mass is 16.5. The zero-order chi connectivity index (χ0) is 22.0. The molecule has 0 amide bonds. The first-order valence-corrected chi connectivity index (χ1v) is 11.4. The van der Waals surface area contributed by atoms with Crippen LogP contribution in [0, 0.1) is 12.8 Å². The van der Waals surface area contributed by atoms with Crippen LogP contribution in [0.2, 0.25) is 0 Å². The van der Waals surface area contributed by atoms with E-state index in [1.165, 1.54) is 6.42 Å². The van der Waals surface area contributed by atoms with E-state index in [4.69, 9.17) is 9.72 Å². The lowest BCUT2D eigenvalue weighted by Gasteiger charge is -2.35. The SMILES string of the molecule is CCOc1cccc(-c2ccc3nc(C)n(C[C@H]4CCCN(C(C)C)C4)c(=O)c3c2)c1. The Morgan fingerprint density at radius 1 is 1.16 bits per heavy atom. The second kappa shape index (κ2) is 9.23. The lowest BCUT2D eigenvalue weighted by atomic mass is 9.96. The first-order chi connectivity index (χ1) is 15.0. The second-order valence-corrected chi connectivity index (χ2v) is 8.86. The van der Waals surface area contributed by atoms with Gasteiger partial charge in [-0.15, -0.1) is 0 Å². The first kappa shape index (κ1) is 21.6. The van der Waals surface area contributed by atoms with Crippen molar-refractivity contribution < 1.29 is 4.74 Å². The summed E-state index contributed by atoms with van der Waals surface area (Å²) >= 11 is 0. The maximum Gasteiger partial charge on any atom is 0.261 e. The fourth-order valence-electron chi connectivity index (χ4n) is 4.63. The van der Waals surface area contributed by atoms with Gasteiger partial charge in [-0.2, -0.15) is 0 Å². The molecule has 0 unspecified atom stereocenters. The quantitative estimate of drug-likeness (QED) is 0.571. The zero-order valence-corrected chi connectivity index (χ0v) is 19.1. The molecule has 2 heterocycles. The van der Waals surface area contributed by atoms with Gasteiger partial charge >= 0.3 is 0 Å². The number of hydrogen-bond donors (Lipinski definition) is 0. The number of nitrogens with zero attached hydrogens (tertiary/aromatic N) is 3. The van der Waals surface area contributed by atoms with Gasteiger partial charge in [0.2, 0.25) is 0 Å². The Bertz CT molecular complexity index is 1120. The van der Waals surface area contributed by atoms with Crippen LogP contribution in [0.25, 0.3) is 22.0 Å². The maximum atomic E-state index is 13.5. The van der Waals surface area contributed by atoms with Gasteiger partial charge in [-0.3, -0.25) is 9.36 Å². The molecule has 0 N–H and O–H groups in total. The predicted molar refractivity (Wildman–Crippen MR) is 127 cm³/mol.